The van der Waals surface area contributed by atoms with E-state index < -0.39 is 17.9 Å². The second kappa shape index (κ2) is 17.8. The summed E-state index contributed by atoms with van der Waals surface area (Å²) < 4.78 is 11.6. The van der Waals surface area contributed by atoms with Gasteiger partial charge in [-0.3, -0.25) is 19.4 Å². The van der Waals surface area contributed by atoms with E-state index in [2.05, 4.69) is 20.6 Å². The zero-order valence-corrected chi connectivity index (χ0v) is 25.8. The van der Waals surface area contributed by atoms with Crippen molar-refractivity contribution in [3.05, 3.63) is 119 Å². The van der Waals surface area contributed by atoms with E-state index in [1.807, 2.05) is 85.8 Å². The van der Waals surface area contributed by atoms with Gasteiger partial charge in [-0.2, -0.15) is 0 Å². The zero-order chi connectivity index (χ0) is 32.6. The number of aryl methyl sites for hydroxylation is 2. The molecule has 2 amide bonds. The van der Waals surface area contributed by atoms with Gasteiger partial charge in [0.25, 0.3) is 5.91 Å². The largest absolute Gasteiger partial charge is 0.494 e. The van der Waals surface area contributed by atoms with Gasteiger partial charge in [-0.05, 0) is 68.0 Å². The third-order valence-electron chi connectivity index (χ3n) is 7.03. The van der Waals surface area contributed by atoms with Crippen LogP contribution >= 0.6 is 0 Å². The zero-order valence-electron chi connectivity index (χ0n) is 25.8. The van der Waals surface area contributed by atoms with Gasteiger partial charge in [0.15, 0.2) is 5.78 Å². The highest BCUT2D eigenvalue weighted by Crippen LogP contribution is 2.16. The van der Waals surface area contributed by atoms with Crippen molar-refractivity contribution in [1.82, 2.24) is 20.6 Å². The van der Waals surface area contributed by atoms with Crippen LogP contribution in [0.15, 0.2) is 91.3 Å². The number of ether oxygens (including phenoxy) is 2. The number of unbranched alkanes of at least 4 members (excludes halogenated alkanes) is 1. The number of nitrogens with zero attached hydrogens (tertiary/aromatic N) is 2. The number of carbonyl (C=O) groups excluding carboxylic acids is 4. The molecule has 1 atom stereocenters. The molecule has 0 bridgehead atoms. The Balaban J connectivity index is 1.14. The van der Waals surface area contributed by atoms with Crippen molar-refractivity contribution in [2.24, 2.45) is 0 Å². The third-order valence-corrected chi connectivity index (χ3v) is 7.03. The molecule has 1 heterocycles. The summed E-state index contributed by atoms with van der Waals surface area (Å²) in [6.45, 7) is 2.89. The third kappa shape index (κ3) is 11.3. The van der Waals surface area contributed by atoms with Gasteiger partial charge in [0.2, 0.25) is 5.91 Å². The quantitative estimate of drug-likeness (QED) is 0.0941. The van der Waals surface area contributed by atoms with Crippen LogP contribution in [-0.4, -0.2) is 59.7 Å². The maximum atomic E-state index is 12.8. The van der Waals surface area contributed by atoms with Crippen LogP contribution in [0.2, 0.25) is 0 Å². The Morgan fingerprint density at radius 1 is 0.804 bits per heavy atom. The van der Waals surface area contributed by atoms with Crippen molar-refractivity contribution in [1.29, 1.82) is 0 Å². The van der Waals surface area contributed by atoms with Crippen molar-refractivity contribution in [3.63, 3.8) is 0 Å². The standard InChI is InChI=1S/C36H38N4O6/c1-26-9-14-30(15-10-26)45-19-5-6-20-46-31-16-11-27(12-17-31)13-18-34(42)32-22-37-23-33(40-32)36(44)38-24-35(43)39-29(25-41)21-28-7-3-2-4-8-28/h2-4,7-12,14-17,22-23,25,29H,5-6,13,18-21,24H2,1H3,(H,38,44)(H,39,43)/t29-/m0/s1. The molecule has 0 saturated carbocycles. The molecule has 4 aromatic rings. The first-order chi connectivity index (χ1) is 22.4. The number of aromatic nitrogens is 2. The summed E-state index contributed by atoms with van der Waals surface area (Å²) in [7, 11) is 0. The molecule has 0 unspecified atom stereocenters. The molecule has 10 nitrogen and oxygen atoms in total. The summed E-state index contributed by atoms with van der Waals surface area (Å²) in [6.07, 6.45) is 5.93. The van der Waals surface area contributed by atoms with E-state index in [4.69, 9.17) is 9.47 Å². The van der Waals surface area contributed by atoms with Gasteiger partial charge >= 0.3 is 0 Å². The van der Waals surface area contributed by atoms with Gasteiger partial charge < -0.3 is 24.9 Å². The monoisotopic (exact) mass is 622 g/mol. The van der Waals surface area contributed by atoms with Crippen molar-refractivity contribution in [2.45, 2.75) is 45.1 Å². The minimum Gasteiger partial charge on any atom is -0.494 e. The lowest BCUT2D eigenvalue weighted by Crippen LogP contribution is -2.43. The molecule has 0 spiro atoms. The van der Waals surface area contributed by atoms with Crippen molar-refractivity contribution in [3.8, 4) is 11.5 Å². The fourth-order valence-corrected chi connectivity index (χ4v) is 4.48. The molecule has 0 saturated heterocycles. The molecule has 10 heteroatoms. The van der Waals surface area contributed by atoms with Crippen LogP contribution in [0.5, 0.6) is 11.5 Å². The van der Waals surface area contributed by atoms with Crippen LogP contribution in [-0.2, 0) is 22.4 Å². The number of hydrogen-bond acceptors (Lipinski definition) is 8. The Morgan fingerprint density at radius 2 is 1.43 bits per heavy atom. The van der Waals surface area contributed by atoms with Gasteiger partial charge in [0.05, 0.1) is 38.2 Å². The van der Waals surface area contributed by atoms with Gasteiger partial charge in [-0.25, -0.2) is 4.98 Å². The highest BCUT2D eigenvalue weighted by atomic mass is 16.5. The topological polar surface area (TPSA) is 137 Å². The molecule has 2 N–H and O–H groups in total. The highest BCUT2D eigenvalue weighted by molar-refractivity contribution is 5.98. The average Bonchev–Trinajstić information content (AvgIpc) is 3.09. The average molecular weight is 623 g/mol. The molecule has 0 aliphatic carbocycles. The summed E-state index contributed by atoms with van der Waals surface area (Å²) in [5.74, 6) is 0.181. The molecule has 46 heavy (non-hydrogen) atoms. The first kappa shape index (κ1) is 33.5. The number of aldehydes is 1. The minimum atomic E-state index is -0.725. The van der Waals surface area contributed by atoms with E-state index in [9.17, 15) is 19.2 Å². The first-order valence-corrected chi connectivity index (χ1v) is 15.2. The van der Waals surface area contributed by atoms with Gasteiger partial charge in [0, 0.05) is 6.42 Å². The highest BCUT2D eigenvalue weighted by Gasteiger charge is 2.16. The lowest BCUT2D eigenvalue weighted by Gasteiger charge is -2.13. The molecule has 4 rings (SSSR count). The second-order valence-corrected chi connectivity index (χ2v) is 10.8. The second-order valence-electron chi connectivity index (χ2n) is 10.8. The van der Waals surface area contributed by atoms with Crippen LogP contribution in [0.1, 0.15) is 56.9 Å². The Morgan fingerprint density at radius 3 is 2.09 bits per heavy atom. The molecule has 3 aromatic carbocycles. The van der Waals surface area contributed by atoms with Crippen LogP contribution < -0.4 is 20.1 Å². The van der Waals surface area contributed by atoms with E-state index in [-0.39, 0.29) is 30.1 Å². The Labute approximate surface area is 268 Å². The summed E-state index contributed by atoms with van der Waals surface area (Å²) >= 11 is 0. The molecular weight excluding hydrogens is 584 g/mol. The summed E-state index contributed by atoms with van der Waals surface area (Å²) in [4.78, 5) is 57.2. The minimum absolute atomic E-state index is 0.0623. The van der Waals surface area contributed by atoms with Gasteiger partial charge in [-0.15, -0.1) is 0 Å². The molecule has 0 aliphatic rings. The number of benzene rings is 3. The number of nitrogens with one attached hydrogen (secondary N) is 2. The van der Waals surface area contributed by atoms with Crippen molar-refractivity contribution >= 4 is 23.9 Å². The molecule has 238 valence electrons. The number of carbonyl (C=O) groups is 4. The van der Waals surface area contributed by atoms with Crippen LogP contribution in [0.25, 0.3) is 0 Å². The summed E-state index contributed by atoms with van der Waals surface area (Å²) in [6, 6.07) is 24.1. The van der Waals surface area contributed by atoms with E-state index in [1.54, 1.807) is 0 Å². The van der Waals surface area contributed by atoms with Gasteiger partial charge in [0.1, 0.15) is 29.2 Å². The Bertz CT molecular complexity index is 1580. The number of Topliss-reactive ketones (excluding diaryl/α,β-unsaturated/α-hetero) is 1. The Kier molecular flexibility index (Phi) is 13.0. The molecule has 0 radical (unpaired) electrons. The van der Waals surface area contributed by atoms with E-state index in [0.29, 0.717) is 32.3 Å². The number of amides is 2. The predicted octanol–water partition coefficient (Wildman–Crippen LogP) is 4.49. The predicted molar refractivity (Wildman–Crippen MR) is 173 cm³/mol. The maximum absolute atomic E-state index is 12.8. The lowest BCUT2D eigenvalue weighted by molar-refractivity contribution is -0.123. The van der Waals surface area contributed by atoms with Crippen LogP contribution in [0.3, 0.4) is 0 Å². The fourth-order valence-electron chi connectivity index (χ4n) is 4.48. The van der Waals surface area contributed by atoms with Gasteiger partial charge in [-0.1, -0.05) is 60.2 Å². The van der Waals surface area contributed by atoms with E-state index in [0.717, 1.165) is 35.5 Å². The molecular formula is C36H38N4O6. The summed E-state index contributed by atoms with van der Waals surface area (Å²) in [5, 5.41) is 5.04. The van der Waals surface area contributed by atoms with E-state index >= 15 is 0 Å². The maximum Gasteiger partial charge on any atom is 0.271 e. The number of ketones is 1. The number of hydrogen-bond donors (Lipinski definition) is 2. The lowest BCUT2D eigenvalue weighted by atomic mass is 10.1. The van der Waals surface area contributed by atoms with E-state index in [1.165, 1.54) is 18.0 Å². The Hall–Kier alpha value is -5.38. The SMILES string of the molecule is Cc1ccc(OCCCCOc2ccc(CCC(=O)c3cncc(C(=O)NCC(=O)N[C@H](C=O)Cc4ccccc4)n3)cc2)cc1. The molecule has 0 fully saturated rings. The van der Waals surface area contributed by atoms with Crippen molar-refractivity contribution < 1.29 is 28.7 Å². The van der Waals surface area contributed by atoms with Crippen molar-refractivity contribution in [2.75, 3.05) is 19.8 Å². The first-order valence-electron chi connectivity index (χ1n) is 15.2. The summed E-state index contributed by atoms with van der Waals surface area (Å²) in [5.41, 5.74) is 3.03. The van der Waals surface area contributed by atoms with Crippen LogP contribution in [0, 0.1) is 6.92 Å². The molecule has 0 aliphatic heterocycles. The van der Waals surface area contributed by atoms with Crippen LogP contribution in [0.4, 0.5) is 0 Å². The number of rotatable bonds is 18. The normalized spacial score (nSPS) is 11.2. The fraction of sp³-hybridized carbons (Fsp3) is 0.278. The molecule has 1 aromatic heterocycles. The smallest absolute Gasteiger partial charge is 0.271 e.